The molecule has 314 valence electrons. The van der Waals surface area contributed by atoms with Gasteiger partial charge in [0.15, 0.2) is 5.82 Å². The molecule has 0 saturated carbocycles. The normalized spacial score (nSPS) is 13.0. The molecule has 0 atom stereocenters. The third kappa shape index (κ3) is 5.60. The van der Waals surface area contributed by atoms with Crippen LogP contribution in [0.4, 0.5) is 0 Å². The molecule has 0 saturated heterocycles. The Hall–Kier alpha value is -8.60. The van der Waals surface area contributed by atoms with E-state index in [4.69, 9.17) is 9.97 Å². The van der Waals surface area contributed by atoms with Crippen LogP contribution in [0.3, 0.4) is 0 Å². The highest BCUT2D eigenvalue weighted by Crippen LogP contribution is 2.50. The molecular weight excluding hydrogens is 813 g/mol. The lowest BCUT2D eigenvalue weighted by atomic mass is 9.82. The smallest absolute Gasteiger partial charge is 0.160 e. The van der Waals surface area contributed by atoms with E-state index in [1.165, 1.54) is 71.3 Å². The van der Waals surface area contributed by atoms with Gasteiger partial charge in [0.1, 0.15) is 0 Å². The summed E-state index contributed by atoms with van der Waals surface area (Å²) in [7, 11) is 0. The molecular formula is C63H42N4. The Bertz CT molecular complexity index is 4190. The zero-order chi connectivity index (χ0) is 44.4. The van der Waals surface area contributed by atoms with Crippen molar-refractivity contribution in [2.75, 3.05) is 0 Å². The van der Waals surface area contributed by atoms with Crippen molar-refractivity contribution in [1.29, 1.82) is 0 Å². The fourth-order valence-electron chi connectivity index (χ4n) is 11.3. The van der Waals surface area contributed by atoms with Crippen molar-refractivity contribution in [2.24, 2.45) is 0 Å². The molecule has 4 nitrogen and oxygen atoms in total. The highest BCUT2D eigenvalue weighted by Gasteiger charge is 2.35. The summed E-state index contributed by atoms with van der Waals surface area (Å²) in [4.78, 5) is 10.9. The van der Waals surface area contributed by atoms with Crippen LogP contribution in [0.5, 0.6) is 0 Å². The Balaban J connectivity index is 0.949. The van der Waals surface area contributed by atoms with Crippen molar-refractivity contribution in [3.8, 4) is 56.3 Å². The lowest BCUT2D eigenvalue weighted by molar-refractivity contribution is 0.660. The maximum Gasteiger partial charge on any atom is 0.160 e. The number of para-hydroxylation sites is 3. The van der Waals surface area contributed by atoms with Crippen LogP contribution >= 0.6 is 0 Å². The van der Waals surface area contributed by atoms with Gasteiger partial charge in [0.05, 0.1) is 33.3 Å². The maximum absolute atomic E-state index is 5.56. The molecule has 3 heterocycles. The van der Waals surface area contributed by atoms with E-state index in [9.17, 15) is 0 Å². The summed E-state index contributed by atoms with van der Waals surface area (Å²) >= 11 is 0. The van der Waals surface area contributed by atoms with Gasteiger partial charge in [-0.05, 0) is 111 Å². The summed E-state index contributed by atoms with van der Waals surface area (Å²) in [5.74, 6) is 0.725. The van der Waals surface area contributed by atoms with Crippen molar-refractivity contribution in [3.05, 3.63) is 230 Å². The van der Waals surface area contributed by atoms with Gasteiger partial charge in [0.25, 0.3) is 0 Å². The standard InChI is InChI=1S/C63H42N4/c1-63(2)53-24-11-8-21-47(53)48-31-28-43(37-54(48)63)62-64-55-33-29-39-15-6-7-20-46(39)60(55)61(65-62)42-16-14-19-45(35-42)67-56-25-12-9-22-49(56)51-32-27-41(38-59(51)67)40-30-34-58-52(36-40)50-23-10-13-26-57(50)66(58)44-17-4-3-5-18-44/h3-38H,1-2H3. The monoisotopic (exact) mass is 854 g/mol. The van der Waals surface area contributed by atoms with Gasteiger partial charge < -0.3 is 9.13 Å². The minimum absolute atomic E-state index is 0.135. The number of rotatable bonds is 5. The van der Waals surface area contributed by atoms with Gasteiger partial charge in [0, 0.05) is 54.8 Å². The third-order valence-electron chi connectivity index (χ3n) is 14.5. The van der Waals surface area contributed by atoms with Crippen LogP contribution in [0.2, 0.25) is 0 Å². The van der Waals surface area contributed by atoms with E-state index in [1.54, 1.807) is 0 Å². The van der Waals surface area contributed by atoms with E-state index >= 15 is 0 Å². The van der Waals surface area contributed by atoms with Gasteiger partial charge in [-0.2, -0.15) is 0 Å². The quantitative estimate of drug-likeness (QED) is 0.162. The number of aromatic nitrogens is 4. The zero-order valence-electron chi connectivity index (χ0n) is 37.1. The molecule has 67 heavy (non-hydrogen) atoms. The Morgan fingerprint density at radius 3 is 1.84 bits per heavy atom. The lowest BCUT2D eigenvalue weighted by Crippen LogP contribution is -2.15. The fraction of sp³-hybridized carbons (Fsp3) is 0.0476. The molecule has 0 radical (unpaired) electrons. The first kappa shape index (κ1) is 37.7. The minimum Gasteiger partial charge on any atom is -0.309 e. The summed E-state index contributed by atoms with van der Waals surface area (Å²) in [6.45, 7) is 4.65. The second kappa shape index (κ2) is 14.2. The Morgan fingerprint density at radius 2 is 0.985 bits per heavy atom. The van der Waals surface area contributed by atoms with Crippen LogP contribution in [-0.4, -0.2) is 19.1 Å². The summed E-state index contributed by atoms with van der Waals surface area (Å²) < 4.78 is 4.81. The van der Waals surface area contributed by atoms with Crippen molar-refractivity contribution in [1.82, 2.24) is 19.1 Å². The van der Waals surface area contributed by atoms with Crippen LogP contribution in [0, 0.1) is 0 Å². The Kier molecular flexibility index (Phi) is 8.00. The number of hydrogen-bond acceptors (Lipinski definition) is 2. The zero-order valence-corrected chi connectivity index (χ0v) is 37.1. The average Bonchev–Trinajstić information content (AvgIpc) is 3.98. The number of hydrogen-bond donors (Lipinski definition) is 0. The predicted octanol–water partition coefficient (Wildman–Crippen LogP) is 16.3. The van der Waals surface area contributed by atoms with Gasteiger partial charge in [-0.15, -0.1) is 0 Å². The Morgan fingerprint density at radius 1 is 0.358 bits per heavy atom. The SMILES string of the molecule is CC1(C)c2ccccc2-c2ccc(-c3nc(-c4cccc(-n5c6ccccc6c6ccc(-c7ccc8c(c7)c7ccccc7n8-c7ccccc7)cc65)c4)c4c(ccc5ccccc54)n3)cc21. The van der Waals surface area contributed by atoms with Crippen LogP contribution in [0.25, 0.3) is 122 Å². The molecule has 13 aromatic rings. The molecule has 0 fully saturated rings. The summed E-state index contributed by atoms with van der Waals surface area (Å²) in [6, 6.07) is 79.5. The summed E-state index contributed by atoms with van der Waals surface area (Å²) in [5, 5.41) is 8.28. The number of nitrogens with zero attached hydrogens (tertiary/aromatic N) is 4. The van der Waals surface area contributed by atoms with Crippen LogP contribution in [-0.2, 0) is 5.41 Å². The van der Waals surface area contributed by atoms with Gasteiger partial charge in [-0.1, -0.05) is 166 Å². The average molecular weight is 855 g/mol. The fourth-order valence-corrected chi connectivity index (χ4v) is 11.3. The van der Waals surface area contributed by atoms with Crippen molar-refractivity contribution in [2.45, 2.75) is 19.3 Å². The second-order valence-corrected chi connectivity index (χ2v) is 18.6. The molecule has 0 bridgehead atoms. The topological polar surface area (TPSA) is 35.6 Å². The molecule has 1 aliphatic rings. The van der Waals surface area contributed by atoms with Crippen molar-refractivity contribution >= 4 is 65.3 Å². The van der Waals surface area contributed by atoms with E-state index < -0.39 is 0 Å². The van der Waals surface area contributed by atoms with E-state index in [2.05, 4.69) is 241 Å². The van der Waals surface area contributed by atoms with Crippen molar-refractivity contribution in [3.63, 3.8) is 0 Å². The molecule has 3 aromatic heterocycles. The first-order valence-electron chi connectivity index (χ1n) is 23.2. The highest BCUT2D eigenvalue weighted by atomic mass is 15.0. The molecule has 4 heteroatoms. The second-order valence-electron chi connectivity index (χ2n) is 18.6. The predicted molar refractivity (Wildman–Crippen MR) is 280 cm³/mol. The van der Waals surface area contributed by atoms with E-state index in [-0.39, 0.29) is 5.41 Å². The Labute approximate surface area is 387 Å². The van der Waals surface area contributed by atoms with Gasteiger partial charge in [-0.3, -0.25) is 0 Å². The van der Waals surface area contributed by atoms with Gasteiger partial charge in [-0.25, -0.2) is 9.97 Å². The first-order chi connectivity index (χ1) is 33.0. The number of benzene rings is 10. The minimum atomic E-state index is -0.135. The van der Waals surface area contributed by atoms with E-state index in [0.29, 0.717) is 0 Å². The lowest BCUT2D eigenvalue weighted by Gasteiger charge is -2.22. The molecule has 0 amide bonds. The van der Waals surface area contributed by atoms with Crippen LogP contribution < -0.4 is 0 Å². The van der Waals surface area contributed by atoms with Crippen molar-refractivity contribution < 1.29 is 0 Å². The first-order valence-corrected chi connectivity index (χ1v) is 23.2. The molecule has 0 unspecified atom stereocenters. The van der Waals surface area contributed by atoms with E-state index in [1.807, 2.05) is 0 Å². The largest absolute Gasteiger partial charge is 0.309 e. The molecule has 0 spiro atoms. The molecule has 14 rings (SSSR count). The van der Waals surface area contributed by atoms with Gasteiger partial charge in [0.2, 0.25) is 0 Å². The molecule has 10 aromatic carbocycles. The third-order valence-corrected chi connectivity index (χ3v) is 14.5. The summed E-state index contributed by atoms with van der Waals surface area (Å²) in [5.41, 5.74) is 18.3. The van der Waals surface area contributed by atoms with Gasteiger partial charge >= 0.3 is 0 Å². The summed E-state index contributed by atoms with van der Waals surface area (Å²) in [6.07, 6.45) is 0. The highest BCUT2D eigenvalue weighted by molar-refractivity contribution is 6.14. The van der Waals surface area contributed by atoms with Crippen LogP contribution in [0.15, 0.2) is 218 Å². The van der Waals surface area contributed by atoms with E-state index in [0.717, 1.165) is 61.3 Å². The molecule has 1 aliphatic carbocycles. The maximum atomic E-state index is 5.56. The molecule has 0 N–H and O–H groups in total. The molecule has 0 aliphatic heterocycles. The number of fused-ring (bicyclic) bond motifs is 12. The van der Waals surface area contributed by atoms with Crippen LogP contribution in [0.1, 0.15) is 25.0 Å².